The zero-order valence-electron chi connectivity index (χ0n) is 16.8. The van der Waals surface area contributed by atoms with Crippen molar-refractivity contribution in [1.82, 2.24) is 9.88 Å². The molecule has 154 valence electrons. The lowest BCUT2D eigenvalue weighted by Crippen LogP contribution is -2.48. The van der Waals surface area contributed by atoms with Gasteiger partial charge in [-0.15, -0.1) is 0 Å². The van der Waals surface area contributed by atoms with Crippen molar-refractivity contribution >= 4 is 11.6 Å². The van der Waals surface area contributed by atoms with Crippen LogP contribution in [0.3, 0.4) is 0 Å². The number of anilines is 1. The Hall–Kier alpha value is -2.80. The molecule has 2 aliphatic heterocycles. The van der Waals surface area contributed by atoms with Crippen molar-refractivity contribution in [1.29, 1.82) is 0 Å². The van der Waals surface area contributed by atoms with Crippen LogP contribution in [-0.4, -0.2) is 68.4 Å². The van der Waals surface area contributed by atoms with Crippen molar-refractivity contribution in [3.05, 3.63) is 48.2 Å². The fourth-order valence-corrected chi connectivity index (χ4v) is 3.77. The van der Waals surface area contributed by atoms with E-state index in [1.54, 1.807) is 25.4 Å². The van der Waals surface area contributed by atoms with Crippen molar-refractivity contribution < 1.29 is 19.0 Å². The maximum atomic E-state index is 12.9. The third-order valence-electron chi connectivity index (χ3n) is 5.43. The Morgan fingerprint density at radius 2 is 1.83 bits per heavy atom. The molecular weight excluding hydrogens is 370 g/mol. The molecule has 2 saturated heterocycles. The predicted octanol–water partition coefficient (Wildman–Crippen LogP) is 2.61. The fraction of sp³-hybridized carbons (Fsp3) is 0.455. The molecule has 2 fully saturated rings. The first-order chi connectivity index (χ1) is 14.2. The van der Waals surface area contributed by atoms with E-state index in [1.807, 2.05) is 23.1 Å². The molecule has 0 N–H and O–H groups in total. The number of hydrogen-bond acceptors (Lipinski definition) is 6. The van der Waals surface area contributed by atoms with Gasteiger partial charge in [-0.3, -0.25) is 4.79 Å². The first-order valence-corrected chi connectivity index (χ1v) is 10.1. The van der Waals surface area contributed by atoms with Gasteiger partial charge < -0.3 is 24.0 Å². The monoisotopic (exact) mass is 397 g/mol. The van der Waals surface area contributed by atoms with E-state index in [1.165, 1.54) is 0 Å². The van der Waals surface area contributed by atoms with Crippen molar-refractivity contribution in [2.45, 2.75) is 18.9 Å². The Morgan fingerprint density at radius 1 is 1.07 bits per heavy atom. The second-order valence-electron chi connectivity index (χ2n) is 7.27. The van der Waals surface area contributed by atoms with Crippen LogP contribution in [0.15, 0.2) is 42.6 Å². The number of methoxy groups -OCH3 is 1. The molecule has 7 heteroatoms. The number of rotatable bonds is 5. The third kappa shape index (κ3) is 4.62. The van der Waals surface area contributed by atoms with Crippen LogP contribution in [0.2, 0.25) is 0 Å². The Kier molecular flexibility index (Phi) is 6.14. The van der Waals surface area contributed by atoms with Gasteiger partial charge in [0.2, 0.25) is 5.88 Å². The molecule has 0 atom stereocenters. The van der Waals surface area contributed by atoms with Crippen LogP contribution in [0.4, 0.5) is 5.69 Å². The van der Waals surface area contributed by atoms with Crippen LogP contribution in [0.5, 0.6) is 11.6 Å². The molecule has 0 unspecified atom stereocenters. The zero-order valence-corrected chi connectivity index (χ0v) is 16.8. The lowest BCUT2D eigenvalue weighted by Gasteiger charge is -2.36. The summed E-state index contributed by atoms with van der Waals surface area (Å²) in [5, 5.41) is 0. The molecule has 3 heterocycles. The van der Waals surface area contributed by atoms with Gasteiger partial charge in [-0.1, -0.05) is 12.1 Å². The Labute approximate surface area is 171 Å². The molecule has 2 aromatic rings. The second-order valence-corrected chi connectivity index (χ2v) is 7.27. The van der Waals surface area contributed by atoms with Gasteiger partial charge in [0.05, 0.1) is 31.6 Å². The summed E-state index contributed by atoms with van der Waals surface area (Å²) in [6.45, 7) is 4.31. The summed E-state index contributed by atoms with van der Waals surface area (Å²) in [5.41, 5.74) is 1.66. The van der Waals surface area contributed by atoms with Crippen molar-refractivity contribution in [2.24, 2.45) is 0 Å². The maximum Gasteiger partial charge on any atom is 0.255 e. The van der Waals surface area contributed by atoms with Gasteiger partial charge in [0, 0.05) is 51.3 Å². The van der Waals surface area contributed by atoms with Crippen LogP contribution in [0.25, 0.3) is 0 Å². The number of amides is 1. The second kappa shape index (κ2) is 9.13. The van der Waals surface area contributed by atoms with Gasteiger partial charge >= 0.3 is 0 Å². The number of aromatic nitrogens is 1. The lowest BCUT2D eigenvalue weighted by atomic mass is 10.1. The average Bonchev–Trinajstić information content (AvgIpc) is 2.80. The lowest BCUT2D eigenvalue weighted by molar-refractivity contribution is 0.0237. The van der Waals surface area contributed by atoms with Crippen LogP contribution in [0.1, 0.15) is 23.2 Å². The first kappa shape index (κ1) is 19.5. The minimum Gasteiger partial charge on any atom is -0.495 e. The zero-order chi connectivity index (χ0) is 20.1. The number of pyridine rings is 1. The Bertz CT molecular complexity index is 813. The number of para-hydroxylation sites is 2. The average molecular weight is 397 g/mol. The number of ether oxygens (including phenoxy) is 3. The van der Waals surface area contributed by atoms with Gasteiger partial charge in [0.25, 0.3) is 5.91 Å². The highest BCUT2D eigenvalue weighted by atomic mass is 16.5. The van der Waals surface area contributed by atoms with Crippen molar-refractivity contribution in [3.8, 4) is 11.6 Å². The SMILES string of the molecule is COc1ccccc1N1CCN(C(=O)c2ccc(OC3CCOCC3)nc2)CC1. The highest BCUT2D eigenvalue weighted by Crippen LogP contribution is 2.28. The van der Waals surface area contributed by atoms with E-state index >= 15 is 0 Å². The molecule has 0 saturated carbocycles. The van der Waals surface area contributed by atoms with Gasteiger partial charge in [0.15, 0.2) is 0 Å². The van der Waals surface area contributed by atoms with E-state index in [9.17, 15) is 4.79 Å². The molecular formula is C22H27N3O4. The molecule has 1 aromatic heterocycles. The van der Waals surface area contributed by atoms with E-state index in [-0.39, 0.29) is 12.0 Å². The molecule has 1 amide bonds. The number of hydrogen-bond donors (Lipinski definition) is 0. The normalized spacial score (nSPS) is 17.8. The van der Waals surface area contributed by atoms with Crippen LogP contribution in [0, 0.1) is 0 Å². The Balaban J connectivity index is 1.33. The summed E-state index contributed by atoms with van der Waals surface area (Å²) in [5.74, 6) is 1.43. The third-order valence-corrected chi connectivity index (χ3v) is 5.43. The highest BCUT2D eigenvalue weighted by molar-refractivity contribution is 5.94. The maximum absolute atomic E-state index is 12.9. The van der Waals surface area contributed by atoms with Crippen LogP contribution >= 0.6 is 0 Å². The molecule has 2 aliphatic rings. The van der Waals surface area contributed by atoms with E-state index in [2.05, 4.69) is 16.0 Å². The number of piperazine rings is 1. The standard InChI is InChI=1S/C22H27N3O4/c1-27-20-5-3-2-4-19(20)24-10-12-25(13-11-24)22(26)17-6-7-21(23-16-17)29-18-8-14-28-15-9-18/h2-7,16,18H,8-15H2,1H3. The van der Waals surface area contributed by atoms with Gasteiger partial charge in [-0.05, 0) is 18.2 Å². The van der Waals surface area contributed by atoms with Gasteiger partial charge in [-0.2, -0.15) is 0 Å². The smallest absolute Gasteiger partial charge is 0.255 e. The highest BCUT2D eigenvalue weighted by Gasteiger charge is 2.24. The van der Waals surface area contributed by atoms with E-state index in [0.29, 0.717) is 24.5 Å². The number of benzene rings is 1. The predicted molar refractivity (Wildman–Crippen MR) is 110 cm³/mol. The van der Waals surface area contributed by atoms with Crippen LogP contribution in [-0.2, 0) is 4.74 Å². The summed E-state index contributed by atoms with van der Waals surface area (Å²) in [7, 11) is 1.68. The summed E-state index contributed by atoms with van der Waals surface area (Å²) in [4.78, 5) is 21.3. The Morgan fingerprint density at radius 3 is 2.52 bits per heavy atom. The summed E-state index contributed by atoms with van der Waals surface area (Å²) in [6.07, 6.45) is 3.50. The van der Waals surface area contributed by atoms with Crippen molar-refractivity contribution in [2.75, 3.05) is 51.4 Å². The largest absolute Gasteiger partial charge is 0.495 e. The minimum atomic E-state index is 0.00907. The fourth-order valence-electron chi connectivity index (χ4n) is 3.77. The summed E-state index contributed by atoms with van der Waals surface area (Å²) in [6, 6.07) is 11.6. The summed E-state index contributed by atoms with van der Waals surface area (Å²) < 4.78 is 16.7. The number of carbonyl (C=O) groups is 1. The molecule has 0 bridgehead atoms. The topological polar surface area (TPSA) is 64.1 Å². The van der Waals surface area contributed by atoms with E-state index in [4.69, 9.17) is 14.2 Å². The number of carbonyl (C=O) groups excluding carboxylic acids is 1. The summed E-state index contributed by atoms with van der Waals surface area (Å²) >= 11 is 0. The minimum absolute atomic E-state index is 0.00907. The molecule has 7 nitrogen and oxygen atoms in total. The van der Waals surface area contributed by atoms with Crippen molar-refractivity contribution in [3.63, 3.8) is 0 Å². The molecule has 1 aromatic carbocycles. The molecule has 0 radical (unpaired) electrons. The first-order valence-electron chi connectivity index (χ1n) is 10.1. The number of nitrogens with zero attached hydrogens (tertiary/aromatic N) is 3. The van der Waals surface area contributed by atoms with Gasteiger partial charge in [-0.25, -0.2) is 4.98 Å². The van der Waals surface area contributed by atoms with Crippen LogP contribution < -0.4 is 14.4 Å². The molecule has 29 heavy (non-hydrogen) atoms. The molecule has 0 aliphatic carbocycles. The molecule has 0 spiro atoms. The molecule has 4 rings (SSSR count). The quantitative estimate of drug-likeness (QED) is 0.773. The van der Waals surface area contributed by atoms with E-state index in [0.717, 1.165) is 50.6 Å². The van der Waals surface area contributed by atoms with Gasteiger partial charge in [0.1, 0.15) is 11.9 Å². The van der Waals surface area contributed by atoms with E-state index < -0.39 is 0 Å².